The maximum absolute atomic E-state index is 13.1. The van der Waals surface area contributed by atoms with Gasteiger partial charge in [0.15, 0.2) is 0 Å². The van der Waals surface area contributed by atoms with Crippen molar-refractivity contribution in [1.82, 2.24) is 14.7 Å². The van der Waals surface area contributed by atoms with Gasteiger partial charge in [-0.05, 0) is 25.5 Å². The molecular formula is C21H27N3O3. The number of amides is 3. The lowest BCUT2D eigenvalue weighted by Crippen LogP contribution is -2.52. The molecule has 3 fully saturated rings. The molecular weight excluding hydrogens is 342 g/mol. The molecule has 3 aliphatic rings. The lowest BCUT2D eigenvalue weighted by molar-refractivity contribution is -0.148. The SMILES string of the molecule is CN1CCN(C(=O)CN2C(=O)C3CCCCC3C2=O)C(c2ccccc2)C1. The summed E-state index contributed by atoms with van der Waals surface area (Å²) in [6, 6.07) is 9.93. The van der Waals surface area contributed by atoms with Crippen LogP contribution in [0.15, 0.2) is 30.3 Å². The zero-order valence-electron chi connectivity index (χ0n) is 15.8. The largest absolute Gasteiger partial charge is 0.332 e. The molecule has 4 rings (SSSR count). The Labute approximate surface area is 160 Å². The standard InChI is InChI=1S/C21H27N3O3/c1-22-11-12-23(18(13-22)15-7-3-2-4-8-15)19(25)14-24-20(26)16-9-5-6-10-17(16)21(24)27/h2-4,7-8,16-18H,5-6,9-14H2,1H3. The molecule has 144 valence electrons. The topological polar surface area (TPSA) is 60.9 Å². The number of likely N-dealkylation sites (N-methyl/N-ethyl adjacent to an activating group) is 1. The number of fused-ring (bicyclic) bond motifs is 1. The molecule has 3 unspecified atom stereocenters. The molecule has 3 amide bonds. The number of likely N-dealkylation sites (tertiary alicyclic amines) is 1. The molecule has 6 nitrogen and oxygen atoms in total. The van der Waals surface area contributed by atoms with E-state index in [0.29, 0.717) is 6.54 Å². The van der Waals surface area contributed by atoms with Crippen molar-refractivity contribution in [2.45, 2.75) is 31.7 Å². The van der Waals surface area contributed by atoms with Crippen molar-refractivity contribution in [2.75, 3.05) is 33.2 Å². The third-order valence-corrected chi connectivity index (χ3v) is 6.31. The monoisotopic (exact) mass is 369 g/mol. The molecule has 1 aliphatic carbocycles. The smallest absolute Gasteiger partial charge is 0.243 e. The quantitative estimate of drug-likeness (QED) is 0.761. The predicted octanol–water partition coefficient (Wildman–Crippen LogP) is 1.68. The van der Waals surface area contributed by atoms with Crippen molar-refractivity contribution in [1.29, 1.82) is 0 Å². The van der Waals surface area contributed by atoms with Gasteiger partial charge < -0.3 is 9.80 Å². The second kappa shape index (κ2) is 7.43. The number of rotatable bonds is 3. The molecule has 1 aromatic carbocycles. The van der Waals surface area contributed by atoms with E-state index in [1.54, 1.807) is 0 Å². The lowest BCUT2D eigenvalue weighted by Gasteiger charge is -2.40. The number of nitrogens with zero attached hydrogens (tertiary/aromatic N) is 3. The van der Waals surface area contributed by atoms with Crippen LogP contribution < -0.4 is 0 Å². The molecule has 0 N–H and O–H groups in total. The van der Waals surface area contributed by atoms with Gasteiger partial charge in [0.05, 0.1) is 17.9 Å². The maximum Gasteiger partial charge on any atom is 0.243 e. The van der Waals surface area contributed by atoms with Crippen molar-refractivity contribution >= 4 is 17.7 Å². The van der Waals surface area contributed by atoms with E-state index in [0.717, 1.165) is 44.3 Å². The average Bonchev–Trinajstić information content (AvgIpc) is 2.94. The molecule has 1 aromatic rings. The minimum absolute atomic E-state index is 0.0486. The van der Waals surface area contributed by atoms with Crippen molar-refractivity contribution < 1.29 is 14.4 Å². The molecule has 1 saturated carbocycles. The van der Waals surface area contributed by atoms with Crippen LogP contribution in [-0.4, -0.2) is 65.6 Å². The molecule has 2 saturated heterocycles. The summed E-state index contributed by atoms with van der Waals surface area (Å²) < 4.78 is 0. The van der Waals surface area contributed by atoms with Crippen molar-refractivity contribution in [3.8, 4) is 0 Å². The van der Waals surface area contributed by atoms with Gasteiger partial charge in [-0.25, -0.2) is 0 Å². The Morgan fingerprint density at radius 2 is 1.63 bits per heavy atom. The van der Waals surface area contributed by atoms with E-state index in [2.05, 4.69) is 11.9 Å². The van der Waals surface area contributed by atoms with Gasteiger partial charge >= 0.3 is 0 Å². The van der Waals surface area contributed by atoms with Gasteiger partial charge in [0.25, 0.3) is 0 Å². The minimum atomic E-state index is -0.198. The third-order valence-electron chi connectivity index (χ3n) is 6.31. The summed E-state index contributed by atoms with van der Waals surface area (Å²) >= 11 is 0. The van der Waals surface area contributed by atoms with Gasteiger partial charge in [-0.2, -0.15) is 0 Å². The molecule has 2 aliphatic heterocycles. The lowest BCUT2D eigenvalue weighted by atomic mass is 9.81. The van der Waals surface area contributed by atoms with E-state index in [1.165, 1.54) is 4.90 Å². The highest BCUT2D eigenvalue weighted by molar-refractivity contribution is 6.07. The number of hydrogen-bond donors (Lipinski definition) is 0. The summed E-state index contributed by atoms with van der Waals surface area (Å²) in [5, 5.41) is 0. The second-order valence-corrected chi connectivity index (χ2v) is 8.04. The van der Waals surface area contributed by atoms with Crippen LogP contribution in [0.1, 0.15) is 37.3 Å². The van der Waals surface area contributed by atoms with Crippen LogP contribution in [-0.2, 0) is 14.4 Å². The number of carbonyl (C=O) groups is 3. The summed E-state index contributed by atoms with van der Waals surface area (Å²) in [5.74, 6) is -0.794. The number of piperazine rings is 1. The highest BCUT2D eigenvalue weighted by atomic mass is 16.2. The first kappa shape index (κ1) is 18.2. The van der Waals surface area contributed by atoms with Crippen LogP contribution in [0, 0.1) is 11.8 Å². The normalized spacial score (nSPS) is 29.1. The van der Waals surface area contributed by atoms with E-state index < -0.39 is 0 Å². The summed E-state index contributed by atoms with van der Waals surface area (Å²) in [6.07, 6.45) is 3.55. The molecule has 2 heterocycles. The van der Waals surface area contributed by atoms with E-state index in [4.69, 9.17) is 0 Å². The molecule has 0 aromatic heterocycles. The van der Waals surface area contributed by atoms with Crippen molar-refractivity contribution in [2.24, 2.45) is 11.8 Å². The van der Waals surface area contributed by atoms with Gasteiger partial charge in [0.2, 0.25) is 17.7 Å². The Kier molecular flexibility index (Phi) is 5.00. The van der Waals surface area contributed by atoms with Crippen LogP contribution >= 0.6 is 0 Å². The Bertz CT molecular complexity index is 711. The van der Waals surface area contributed by atoms with E-state index in [9.17, 15) is 14.4 Å². The maximum atomic E-state index is 13.1. The first-order valence-corrected chi connectivity index (χ1v) is 9.94. The Morgan fingerprint density at radius 3 is 2.26 bits per heavy atom. The van der Waals surface area contributed by atoms with Crippen molar-refractivity contribution in [3.05, 3.63) is 35.9 Å². The van der Waals surface area contributed by atoms with Crippen LogP contribution in [0.5, 0.6) is 0 Å². The summed E-state index contributed by atoms with van der Waals surface area (Å²) in [4.78, 5) is 43.8. The van der Waals surface area contributed by atoms with Gasteiger partial charge in [-0.3, -0.25) is 19.3 Å². The molecule has 0 radical (unpaired) electrons. The minimum Gasteiger partial charge on any atom is -0.332 e. The predicted molar refractivity (Wildman–Crippen MR) is 101 cm³/mol. The summed E-state index contributed by atoms with van der Waals surface area (Å²) in [5.41, 5.74) is 1.09. The number of hydrogen-bond acceptors (Lipinski definition) is 4. The fourth-order valence-electron chi connectivity index (χ4n) is 4.79. The Morgan fingerprint density at radius 1 is 1.00 bits per heavy atom. The number of benzene rings is 1. The Hall–Kier alpha value is -2.21. The van der Waals surface area contributed by atoms with Gasteiger partial charge in [0, 0.05) is 19.6 Å². The zero-order valence-corrected chi connectivity index (χ0v) is 15.8. The fourth-order valence-corrected chi connectivity index (χ4v) is 4.79. The zero-order chi connectivity index (χ0) is 19.0. The van der Waals surface area contributed by atoms with Crippen LogP contribution in [0.2, 0.25) is 0 Å². The number of carbonyl (C=O) groups excluding carboxylic acids is 3. The third kappa shape index (κ3) is 3.38. The van der Waals surface area contributed by atoms with E-state index in [-0.39, 0.29) is 42.1 Å². The molecule has 27 heavy (non-hydrogen) atoms. The van der Waals surface area contributed by atoms with Crippen LogP contribution in [0.25, 0.3) is 0 Å². The van der Waals surface area contributed by atoms with Gasteiger partial charge in [-0.15, -0.1) is 0 Å². The second-order valence-electron chi connectivity index (χ2n) is 8.04. The van der Waals surface area contributed by atoms with Crippen LogP contribution in [0.3, 0.4) is 0 Å². The highest BCUT2D eigenvalue weighted by Crippen LogP contribution is 2.38. The summed E-state index contributed by atoms with van der Waals surface area (Å²) in [7, 11) is 2.05. The van der Waals surface area contributed by atoms with E-state index in [1.807, 2.05) is 35.2 Å². The summed E-state index contributed by atoms with van der Waals surface area (Å²) in [6.45, 7) is 2.04. The molecule has 0 bridgehead atoms. The molecule has 0 spiro atoms. The van der Waals surface area contributed by atoms with Crippen molar-refractivity contribution in [3.63, 3.8) is 0 Å². The van der Waals surface area contributed by atoms with Gasteiger partial charge in [0.1, 0.15) is 6.54 Å². The first-order valence-electron chi connectivity index (χ1n) is 9.94. The van der Waals surface area contributed by atoms with Crippen LogP contribution in [0.4, 0.5) is 0 Å². The van der Waals surface area contributed by atoms with E-state index >= 15 is 0 Å². The fraction of sp³-hybridized carbons (Fsp3) is 0.571. The Balaban J connectivity index is 1.51. The molecule has 6 heteroatoms. The van der Waals surface area contributed by atoms with Gasteiger partial charge in [-0.1, -0.05) is 43.2 Å². The average molecular weight is 369 g/mol. The molecule has 3 atom stereocenters. The first-order chi connectivity index (χ1) is 13.1. The number of imide groups is 1. The highest BCUT2D eigenvalue weighted by Gasteiger charge is 2.49.